The molecule has 0 aliphatic heterocycles. The number of rotatable bonds is 0. The predicted molar refractivity (Wildman–Crippen MR) is 64.3 cm³/mol. The fourth-order valence-corrected chi connectivity index (χ4v) is 2.95. The normalized spacial score (nSPS) is 27.0. The lowest BCUT2D eigenvalue weighted by Gasteiger charge is -2.28. The Hall–Kier alpha value is -1.63. The summed E-state index contributed by atoms with van der Waals surface area (Å²) >= 11 is 0. The minimum Gasteiger partial charge on any atom is -0.290 e. The van der Waals surface area contributed by atoms with Crippen LogP contribution in [0.5, 0.6) is 0 Å². The molecule has 16 heavy (non-hydrogen) atoms. The Morgan fingerprint density at radius 1 is 1.25 bits per heavy atom. The number of carbonyl (C=O) groups is 1. The van der Waals surface area contributed by atoms with Gasteiger partial charge in [-0.3, -0.25) is 4.79 Å². The maximum Gasteiger partial charge on any atom is 0.181 e. The average Bonchev–Trinajstić information content (AvgIpc) is 2.60. The van der Waals surface area contributed by atoms with Crippen LogP contribution in [0.25, 0.3) is 0 Å². The molecular weight excluding hydrogens is 196 g/mol. The second-order valence-electron chi connectivity index (χ2n) is 4.84. The van der Waals surface area contributed by atoms with Gasteiger partial charge in [-0.05, 0) is 48.6 Å². The van der Waals surface area contributed by atoms with Crippen LogP contribution in [-0.2, 0) is 16.6 Å². The fraction of sp³-hybridized carbons (Fsp3) is 0.267. The highest BCUT2D eigenvalue weighted by Gasteiger charge is 2.40. The topological polar surface area (TPSA) is 17.1 Å². The third kappa shape index (κ3) is 1.03. The summed E-state index contributed by atoms with van der Waals surface area (Å²) in [4.78, 5) is 11.7. The van der Waals surface area contributed by atoms with Gasteiger partial charge in [-0.15, -0.1) is 0 Å². The molecule has 0 radical (unpaired) electrons. The minimum absolute atomic E-state index is 0.0470. The largest absolute Gasteiger partial charge is 0.290 e. The van der Waals surface area contributed by atoms with Crippen LogP contribution in [0.4, 0.5) is 0 Å². The van der Waals surface area contributed by atoms with Gasteiger partial charge in [-0.2, -0.15) is 0 Å². The number of allylic oxidation sites excluding steroid dienone is 4. The number of hydrogen-bond acceptors (Lipinski definition) is 1. The van der Waals surface area contributed by atoms with Crippen LogP contribution >= 0.6 is 0 Å². The van der Waals surface area contributed by atoms with E-state index in [9.17, 15) is 4.79 Å². The van der Waals surface area contributed by atoms with E-state index in [-0.39, 0.29) is 11.2 Å². The van der Waals surface area contributed by atoms with Gasteiger partial charge in [0.25, 0.3) is 0 Å². The summed E-state index contributed by atoms with van der Waals surface area (Å²) in [6.45, 7) is 4.16. The highest BCUT2D eigenvalue weighted by molar-refractivity contribution is 6.06. The molecule has 0 fully saturated rings. The van der Waals surface area contributed by atoms with Gasteiger partial charge in [0.15, 0.2) is 5.78 Å². The van der Waals surface area contributed by atoms with Crippen LogP contribution in [0.15, 0.2) is 47.6 Å². The van der Waals surface area contributed by atoms with E-state index in [1.165, 1.54) is 16.7 Å². The van der Waals surface area contributed by atoms with Crippen molar-refractivity contribution >= 4 is 5.78 Å². The molecule has 0 saturated heterocycles. The molecule has 0 aromatic heterocycles. The summed E-state index contributed by atoms with van der Waals surface area (Å²) in [5.41, 5.74) is 4.88. The first-order valence-electron chi connectivity index (χ1n) is 5.65. The molecule has 3 rings (SSSR count). The van der Waals surface area contributed by atoms with E-state index in [4.69, 9.17) is 0 Å². The van der Waals surface area contributed by atoms with Crippen molar-refractivity contribution in [1.82, 2.24) is 0 Å². The Morgan fingerprint density at radius 2 is 2.00 bits per heavy atom. The summed E-state index contributed by atoms with van der Waals surface area (Å²) in [5.74, 6) is 0.167. The van der Waals surface area contributed by atoms with Gasteiger partial charge in [0.1, 0.15) is 0 Å². The van der Waals surface area contributed by atoms with Gasteiger partial charge in [0.2, 0.25) is 0 Å². The maximum atomic E-state index is 11.7. The van der Waals surface area contributed by atoms with Crippen LogP contribution in [0.1, 0.15) is 25.0 Å². The molecule has 1 nitrogen and oxygen atoms in total. The third-order valence-electron chi connectivity index (χ3n) is 3.96. The van der Waals surface area contributed by atoms with Crippen LogP contribution in [0.2, 0.25) is 0 Å². The molecule has 0 bridgehead atoms. The lowest BCUT2D eigenvalue weighted by molar-refractivity contribution is -0.111. The number of benzene rings is 1. The molecule has 1 atom stereocenters. The van der Waals surface area contributed by atoms with E-state index >= 15 is 0 Å². The van der Waals surface area contributed by atoms with Crippen molar-refractivity contribution in [3.05, 3.63) is 58.7 Å². The average molecular weight is 210 g/mol. The zero-order valence-electron chi connectivity index (χ0n) is 9.58. The Morgan fingerprint density at radius 3 is 2.81 bits per heavy atom. The first-order chi connectivity index (χ1) is 7.63. The molecule has 1 aromatic carbocycles. The predicted octanol–water partition coefficient (Wildman–Crippen LogP) is 2.96. The second-order valence-corrected chi connectivity index (χ2v) is 4.84. The van der Waals surface area contributed by atoms with Gasteiger partial charge in [-0.25, -0.2) is 0 Å². The van der Waals surface area contributed by atoms with E-state index in [0.29, 0.717) is 0 Å². The number of carbonyl (C=O) groups excluding carboxylic acids is 1. The SMILES string of the molecule is CC1=C2Cc3ccccc3[C@]2(C)C=CC1=O. The van der Waals surface area contributed by atoms with Crippen LogP contribution in [0.3, 0.4) is 0 Å². The summed E-state index contributed by atoms with van der Waals surface area (Å²) < 4.78 is 0. The van der Waals surface area contributed by atoms with Crippen molar-refractivity contribution in [1.29, 1.82) is 0 Å². The van der Waals surface area contributed by atoms with Gasteiger partial charge in [0.05, 0.1) is 0 Å². The van der Waals surface area contributed by atoms with Gasteiger partial charge < -0.3 is 0 Å². The molecule has 2 aliphatic carbocycles. The van der Waals surface area contributed by atoms with Crippen molar-refractivity contribution in [2.24, 2.45) is 0 Å². The second kappa shape index (κ2) is 2.94. The Balaban J connectivity index is 2.29. The molecular formula is C15H14O. The lowest BCUT2D eigenvalue weighted by atomic mass is 9.75. The lowest BCUT2D eigenvalue weighted by Crippen LogP contribution is -2.24. The summed E-state index contributed by atoms with van der Waals surface area (Å²) in [6, 6.07) is 8.49. The van der Waals surface area contributed by atoms with Gasteiger partial charge >= 0.3 is 0 Å². The Bertz CT molecular complexity index is 548. The Kier molecular flexibility index (Phi) is 1.76. The van der Waals surface area contributed by atoms with Crippen molar-refractivity contribution in [2.75, 3.05) is 0 Å². The van der Waals surface area contributed by atoms with Gasteiger partial charge in [-0.1, -0.05) is 30.3 Å². The molecule has 80 valence electrons. The molecule has 0 heterocycles. The number of ketones is 1. The smallest absolute Gasteiger partial charge is 0.181 e. The highest BCUT2D eigenvalue weighted by atomic mass is 16.1. The van der Waals surface area contributed by atoms with Crippen molar-refractivity contribution in [2.45, 2.75) is 25.7 Å². The van der Waals surface area contributed by atoms with E-state index in [2.05, 4.69) is 37.3 Å². The van der Waals surface area contributed by atoms with E-state index in [0.717, 1.165) is 12.0 Å². The van der Waals surface area contributed by atoms with Crippen LogP contribution in [0, 0.1) is 0 Å². The molecule has 0 N–H and O–H groups in total. The third-order valence-corrected chi connectivity index (χ3v) is 3.96. The number of hydrogen-bond donors (Lipinski definition) is 0. The highest BCUT2D eigenvalue weighted by Crippen LogP contribution is 2.46. The molecule has 1 heteroatoms. The summed E-state index contributed by atoms with van der Waals surface area (Å²) in [7, 11) is 0. The monoisotopic (exact) mass is 210 g/mol. The van der Waals surface area contributed by atoms with Crippen molar-refractivity contribution in [3.8, 4) is 0 Å². The maximum absolute atomic E-state index is 11.7. The molecule has 1 aromatic rings. The zero-order chi connectivity index (χ0) is 11.3. The molecule has 0 spiro atoms. The zero-order valence-corrected chi connectivity index (χ0v) is 9.58. The van der Waals surface area contributed by atoms with Crippen molar-refractivity contribution in [3.63, 3.8) is 0 Å². The van der Waals surface area contributed by atoms with Gasteiger partial charge in [0, 0.05) is 5.41 Å². The standard InChI is InChI=1S/C15H14O/c1-10-13-9-11-5-3-4-6-12(11)15(13,2)8-7-14(10)16/h3-8H,9H2,1-2H3/t15-/m0/s1. The van der Waals surface area contributed by atoms with Crippen LogP contribution < -0.4 is 0 Å². The van der Waals surface area contributed by atoms with Crippen molar-refractivity contribution < 1.29 is 4.79 Å². The van der Waals surface area contributed by atoms with E-state index in [1.807, 2.05) is 6.92 Å². The molecule has 0 unspecified atom stereocenters. The molecule has 2 aliphatic rings. The van der Waals surface area contributed by atoms with E-state index in [1.54, 1.807) is 6.08 Å². The quantitative estimate of drug-likeness (QED) is 0.643. The molecule has 0 saturated carbocycles. The number of fused-ring (bicyclic) bond motifs is 3. The minimum atomic E-state index is -0.0470. The first-order valence-corrected chi connectivity index (χ1v) is 5.65. The molecule has 0 amide bonds. The fourth-order valence-electron chi connectivity index (χ4n) is 2.95. The summed E-state index contributed by atoms with van der Waals surface area (Å²) in [5, 5.41) is 0. The summed E-state index contributed by atoms with van der Waals surface area (Å²) in [6.07, 6.45) is 4.71. The van der Waals surface area contributed by atoms with Crippen LogP contribution in [-0.4, -0.2) is 5.78 Å². The first kappa shape index (κ1) is 9.59. The Labute approximate surface area is 95.5 Å². The van der Waals surface area contributed by atoms with E-state index < -0.39 is 0 Å².